The van der Waals surface area contributed by atoms with Gasteiger partial charge in [0.25, 0.3) is 0 Å². The van der Waals surface area contributed by atoms with E-state index in [2.05, 4.69) is 9.47 Å². The van der Waals surface area contributed by atoms with E-state index >= 15 is 0 Å². The molecule has 0 heterocycles. The molecule has 0 spiro atoms. The molecule has 1 N–H and O–H groups in total. The van der Waals surface area contributed by atoms with Crippen molar-refractivity contribution in [3.8, 4) is 0 Å². The highest BCUT2D eigenvalue weighted by atomic mass is 19.4. The molecule has 142 valence electrons. The molecule has 0 rings (SSSR count). The van der Waals surface area contributed by atoms with Crippen LogP contribution in [0.4, 0.5) is 35.5 Å². The molecule has 0 saturated heterocycles. The van der Waals surface area contributed by atoms with Gasteiger partial charge in [-0.2, -0.15) is 30.7 Å². The standard InChI is InChI=1S/C12H16F7NO4/c1-4-23-9(22)20-7(6(2)3)8(21)24-5-10(13,14)11(15,16)12(17,18)19/h6-7H,4-5H2,1-3H3,(H,20,22)/t7-/m0/s1. The lowest BCUT2D eigenvalue weighted by Gasteiger charge is -2.28. The minimum Gasteiger partial charge on any atom is -0.457 e. The van der Waals surface area contributed by atoms with Crippen LogP contribution in [0.15, 0.2) is 0 Å². The third-order valence-electron chi connectivity index (χ3n) is 2.68. The number of carbonyl (C=O) groups excluding carboxylic acids is 2. The summed E-state index contributed by atoms with van der Waals surface area (Å²) in [6, 6.07) is -1.57. The highest BCUT2D eigenvalue weighted by Gasteiger charge is 2.73. The van der Waals surface area contributed by atoms with Gasteiger partial charge in [0.1, 0.15) is 6.04 Å². The molecule has 1 atom stereocenters. The molecular formula is C12H16F7NO4. The van der Waals surface area contributed by atoms with Crippen LogP contribution in [0, 0.1) is 5.92 Å². The largest absolute Gasteiger partial charge is 0.460 e. The molecule has 0 unspecified atom stereocenters. The third-order valence-corrected chi connectivity index (χ3v) is 2.68. The molecular weight excluding hydrogens is 355 g/mol. The van der Waals surface area contributed by atoms with E-state index in [0.717, 1.165) is 0 Å². The maximum absolute atomic E-state index is 13.0. The number of esters is 1. The second-order valence-corrected chi connectivity index (χ2v) is 4.97. The normalized spacial score (nSPS) is 14.3. The van der Waals surface area contributed by atoms with Crippen LogP contribution < -0.4 is 5.32 Å². The highest BCUT2D eigenvalue weighted by Crippen LogP contribution is 2.46. The third kappa shape index (κ3) is 5.41. The first kappa shape index (κ1) is 22.2. The van der Waals surface area contributed by atoms with Crippen molar-refractivity contribution >= 4 is 12.1 Å². The molecule has 0 radical (unpaired) electrons. The Balaban J connectivity index is 4.98. The summed E-state index contributed by atoms with van der Waals surface area (Å²) in [7, 11) is 0. The summed E-state index contributed by atoms with van der Waals surface area (Å²) in [4.78, 5) is 22.8. The number of halogens is 7. The first-order valence-corrected chi connectivity index (χ1v) is 6.59. The van der Waals surface area contributed by atoms with Crippen LogP contribution in [0.2, 0.25) is 0 Å². The summed E-state index contributed by atoms with van der Waals surface area (Å²) in [5.41, 5.74) is 0. The van der Waals surface area contributed by atoms with E-state index in [4.69, 9.17) is 0 Å². The van der Waals surface area contributed by atoms with Gasteiger partial charge < -0.3 is 14.8 Å². The highest BCUT2D eigenvalue weighted by molar-refractivity contribution is 5.81. The van der Waals surface area contributed by atoms with Crippen molar-refractivity contribution in [3.63, 3.8) is 0 Å². The minimum absolute atomic E-state index is 0.0818. The van der Waals surface area contributed by atoms with Gasteiger partial charge >= 0.3 is 30.1 Å². The Hall–Kier alpha value is -1.75. The van der Waals surface area contributed by atoms with Crippen LogP contribution in [0.5, 0.6) is 0 Å². The number of alkyl halides is 7. The van der Waals surface area contributed by atoms with Crippen molar-refractivity contribution in [2.24, 2.45) is 5.92 Å². The summed E-state index contributed by atoms with van der Waals surface area (Å²) in [6.07, 6.45) is -7.63. The number of nitrogens with one attached hydrogen (secondary N) is 1. The SMILES string of the molecule is CCOC(=O)N[C@H](C(=O)OCC(F)(F)C(F)(F)C(F)(F)F)C(C)C. The van der Waals surface area contributed by atoms with Crippen LogP contribution in [0.25, 0.3) is 0 Å². The van der Waals surface area contributed by atoms with Gasteiger partial charge in [0.15, 0.2) is 6.61 Å². The van der Waals surface area contributed by atoms with E-state index in [1.54, 1.807) is 0 Å². The van der Waals surface area contributed by atoms with Gasteiger partial charge in [-0.1, -0.05) is 13.8 Å². The van der Waals surface area contributed by atoms with Gasteiger partial charge in [0, 0.05) is 0 Å². The van der Waals surface area contributed by atoms with E-state index in [9.17, 15) is 40.3 Å². The molecule has 0 aromatic rings. The Kier molecular flexibility index (Phi) is 7.31. The fourth-order valence-corrected chi connectivity index (χ4v) is 1.35. The van der Waals surface area contributed by atoms with Gasteiger partial charge in [0.2, 0.25) is 0 Å². The van der Waals surface area contributed by atoms with Gasteiger partial charge in [-0.3, -0.25) is 0 Å². The average molecular weight is 371 g/mol. The Morgan fingerprint density at radius 3 is 1.88 bits per heavy atom. The summed E-state index contributed by atoms with van der Waals surface area (Å²) >= 11 is 0. The van der Waals surface area contributed by atoms with E-state index in [-0.39, 0.29) is 6.61 Å². The van der Waals surface area contributed by atoms with Crippen molar-refractivity contribution < 1.29 is 49.8 Å². The Labute approximate surface area is 132 Å². The van der Waals surface area contributed by atoms with Crippen LogP contribution in [0.1, 0.15) is 20.8 Å². The molecule has 0 saturated carbocycles. The zero-order valence-electron chi connectivity index (χ0n) is 12.8. The Morgan fingerprint density at radius 1 is 1.00 bits per heavy atom. The molecule has 0 bridgehead atoms. The monoisotopic (exact) mass is 371 g/mol. The molecule has 5 nitrogen and oxygen atoms in total. The number of hydrogen-bond donors (Lipinski definition) is 1. The molecule has 0 aliphatic rings. The van der Waals surface area contributed by atoms with E-state index in [1.807, 2.05) is 5.32 Å². The number of alkyl carbamates (subject to hydrolysis) is 1. The topological polar surface area (TPSA) is 64.6 Å². The fraction of sp³-hybridized carbons (Fsp3) is 0.833. The van der Waals surface area contributed by atoms with E-state index in [0.29, 0.717) is 0 Å². The van der Waals surface area contributed by atoms with Gasteiger partial charge in [-0.15, -0.1) is 0 Å². The number of hydrogen-bond acceptors (Lipinski definition) is 4. The number of carbonyl (C=O) groups is 2. The molecule has 0 aromatic carbocycles. The smallest absolute Gasteiger partial charge is 0.457 e. The van der Waals surface area contributed by atoms with Gasteiger partial charge in [-0.05, 0) is 12.8 Å². The second-order valence-electron chi connectivity index (χ2n) is 4.97. The lowest BCUT2D eigenvalue weighted by Crippen LogP contribution is -2.55. The zero-order chi connectivity index (χ0) is 19.3. The van der Waals surface area contributed by atoms with Crippen LogP contribution in [-0.4, -0.2) is 49.3 Å². The van der Waals surface area contributed by atoms with Crippen molar-refractivity contribution in [3.05, 3.63) is 0 Å². The molecule has 0 aromatic heterocycles. The van der Waals surface area contributed by atoms with E-state index < -0.39 is 48.7 Å². The van der Waals surface area contributed by atoms with Crippen molar-refractivity contribution in [1.29, 1.82) is 0 Å². The first-order valence-electron chi connectivity index (χ1n) is 6.59. The van der Waals surface area contributed by atoms with Crippen molar-refractivity contribution in [1.82, 2.24) is 5.32 Å². The van der Waals surface area contributed by atoms with Crippen molar-refractivity contribution in [2.45, 2.75) is 44.8 Å². The van der Waals surface area contributed by atoms with Gasteiger partial charge in [-0.25, -0.2) is 9.59 Å². The quantitative estimate of drug-likeness (QED) is 0.552. The predicted molar refractivity (Wildman–Crippen MR) is 65.7 cm³/mol. The maximum atomic E-state index is 13.0. The van der Waals surface area contributed by atoms with E-state index in [1.165, 1.54) is 20.8 Å². The lowest BCUT2D eigenvalue weighted by molar-refractivity contribution is -0.359. The summed E-state index contributed by atoms with van der Waals surface area (Å²) in [5, 5.41) is 1.93. The Bertz CT molecular complexity index is 451. The van der Waals surface area contributed by atoms with Crippen LogP contribution in [-0.2, 0) is 14.3 Å². The number of amides is 1. The number of rotatable bonds is 7. The fourth-order valence-electron chi connectivity index (χ4n) is 1.35. The maximum Gasteiger partial charge on any atom is 0.460 e. The zero-order valence-corrected chi connectivity index (χ0v) is 12.8. The van der Waals surface area contributed by atoms with Crippen LogP contribution in [0.3, 0.4) is 0 Å². The molecule has 24 heavy (non-hydrogen) atoms. The molecule has 0 fully saturated rings. The summed E-state index contributed by atoms with van der Waals surface area (Å²) in [5.74, 6) is -14.4. The predicted octanol–water partition coefficient (Wildman–Crippen LogP) is 3.13. The lowest BCUT2D eigenvalue weighted by atomic mass is 10.1. The minimum atomic E-state index is -6.52. The molecule has 0 aliphatic heterocycles. The first-order chi connectivity index (χ1) is 10.7. The second kappa shape index (κ2) is 7.88. The Morgan fingerprint density at radius 2 is 1.50 bits per heavy atom. The molecule has 12 heteroatoms. The molecule has 0 aliphatic carbocycles. The summed E-state index contributed by atoms with van der Waals surface area (Å²) in [6.45, 7) is 1.54. The van der Waals surface area contributed by atoms with Crippen molar-refractivity contribution in [2.75, 3.05) is 13.2 Å². The average Bonchev–Trinajstić information content (AvgIpc) is 2.40. The van der Waals surface area contributed by atoms with Gasteiger partial charge in [0.05, 0.1) is 6.61 Å². The van der Waals surface area contributed by atoms with Crippen LogP contribution >= 0.6 is 0 Å². The number of ether oxygens (including phenoxy) is 2. The summed E-state index contributed by atoms with van der Waals surface area (Å²) < 4.78 is 95.6. The molecule has 1 amide bonds.